The van der Waals surface area contributed by atoms with Gasteiger partial charge in [-0.3, -0.25) is 9.36 Å². The predicted octanol–water partition coefficient (Wildman–Crippen LogP) is 3.89. The first-order valence-electron chi connectivity index (χ1n) is 7.28. The van der Waals surface area contributed by atoms with E-state index >= 15 is 0 Å². The summed E-state index contributed by atoms with van der Waals surface area (Å²) in [5.41, 5.74) is 1.87. The van der Waals surface area contributed by atoms with Crippen LogP contribution in [-0.4, -0.2) is 10.5 Å². The molecular formula is C17H14BrClN2O3. The van der Waals surface area contributed by atoms with Gasteiger partial charge in [-0.15, -0.1) is 0 Å². The minimum atomic E-state index is -0.585. The fraction of sp³-hybridized carbons (Fsp3) is 0.176. The predicted molar refractivity (Wildman–Crippen MR) is 96.2 cm³/mol. The van der Waals surface area contributed by atoms with Crippen molar-refractivity contribution in [2.75, 3.05) is 0 Å². The van der Waals surface area contributed by atoms with Crippen molar-refractivity contribution in [1.82, 2.24) is 9.88 Å². The summed E-state index contributed by atoms with van der Waals surface area (Å²) in [4.78, 5) is 24.2. The van der Waals surface area contributed by atoms with Gasteiger partial charge >= 0.3 is 5.76 Å². The average Bonchev–Trinajstić information content (AvgIpc) is 2.82. The first kappa shape index (κ1) is 16.8. The Morgan fingerprint density at radius 2 is 2.00 bits per heavy atom. The molecule has 0 spiro atoms. The number of nitrogens with zero attached hydrogens (tertiary/aromatic N) is 1. The first-order valence-corrected chi connectivity index (χ1v) is 8.45. The Kier molecular flexibility index (Phi) is 4.78. The summed E-state index contributed by atoms with van der Waals surface area (Å²) in [6, 6.07) is 12.4. The van der Waals surface area contributed by atoms with Crippen LogP contribution in [0.3, 0.4) is 0 Å². The smallest absolute Gasteiger partial charge is 0.408 e. The standard InChI is InChI=1S/C17H14BrClN2O3/c1-10(11-2-4-12(18)5-3-11)20-16(22)9-21-14-7-6-13(19)8-15(14)24-17(21)23/h2-8,10H,9H2,1H3,(H,20,22)/t10-/m1/s1. The Balaban J connectivity index is 1.76. The van der Waals surface area contributed by atoms with E-state index in [2.05, 4.69) is 21.2 Å². The molecule has 1 aromatic heterocycles. The maximum absolute atomic E-state index is 12.3. The third kappa shape index (κ3) is 3.55. The summed E-state index contributed by atoms with van der Waals surface area (Å²) in [7, 11) is 0. The molecule has 5 nitrogen and oxygen atoms in total. The van der Waals surface area contributed by atoms with Crippen LogP contribution in [0.2, 0.25) is 5.02 Å². The zero-order chi connectivity index (χ0) is 17.3. The highest BCUT2D eigenvalue weighted by Gasteiger charge is 2.15. The third-order valence-electron chi connectivity index (χ3n) is 3.68. The van der Waals surface area contributed by atoms with Crippen LogP contribution in [0.1, 0.15) is 18.5 Å². The summed E-state index contributed by atoms with van der Waals surface area (Å²) in [5, 5.41) is 3.34. The number of aromatic nitrogens is 1. The SMILES string of the molecule is C[C@@H](NC(=O)Cn1c(=O)oc2cc(Cl)ccc21)c1ccc(Br)cc1. The van der Waals surface area contributed by atoms with Crippen LogP contribution in [0, 0.1) is 0 Å². The van der Waals surface area contributed by atoms with E-state index in [1.54, 1.807) is 18.2 Å². The lowest BCUT2D eigenvalue weighted by molar-refractivity contribution is -0.122. The quantitative estimate of drug-likeness (QED) is 0.711. The van der Waals surface area contributed by atoms with Crippen molar-refractivity contribution in [3.05, 3.63) is 68.1 Å². The van der Waals surface area contributed by atoms with Gasteiger partial charge in [-0.25, -0.2) is 4.79 Å². The van der Waals surface area contributed by atoms with Gasteiger partial charge in [-0.05, 0) is 36.8 Å². The third-order valence-corrected chi connectivity index (χ3v) is 4.44. The molecule has 0 fully saturated rings. The van der Waals surface area contributed by atoms with Crippen molar-refractivity contribution in [2.24, 2.45) is 0 Å². The molecule has 24 heavy (non-hydrogen) atoms. The molecule has 1 atom stereocenters. The number of hydrogen-bond donors (Lipinski definition) is 1. The van der Waals surface area contributed by atoms with Crippen LogP contribution in [0.25, 0.3) is 11.1 Å². The van der Waals surface area contributed by atoms with Gasteiger partial charge in [0.05, 0.1) is 11.6 Å². The fourth-order valence-corrected chi connectivity index (χ4v) is 2.88. The van der Waals surface area contributed by atoms with Crippen molar-refractivity contribution >= 4 is 44.5 Å². The monoisotopic (exact) mass is 408 g/mol. The first-order chi connectivity index (χ1) is 11.4. The van der Waals surface area contributed by atoms with Gasteiger partial charge in [-0.2, -0.15) is 0 Å². The molecule has 0 saturated carbocycles. The number of oxazole rings is 1. The van der Waals surface area contributed by atoms with Gasteiger partial charge < -0.3 is 9.73 Å². The Labute approximate surface area is 151 Å². The molecule has 3 rings (SSSR count). The summed E-state index contributed by atoms with van der Waals surface area (Å²) in [6.07, 6.45) is 0. The minimum absolute atomic E-state index is 0.117. The highest BCUT2D eigenvalue weighted by Crippen LogP contribution is 2.19. The van der Waals surface area contributed by atoms with Crippen molar-refractivity contribution in [1.29, 1.82) is 0 Å². The van der Waals surface area contributed by atoms with Gasteiger partial charge in [0.15, 0.2) is 5.58 Å². The molecular weight excluding hydrogens is 396 g/mol. The maximum Gasteiger partial charge on any atom is 0.420 e. The normalized spacial score (nSPS) is 12.3. The van der Waals surface area contributed by atoms with Gasteiger partial charge in [0.2, 0.25) is 5.91 Å². The van der Waals surface area contributed by atoms with Crippen LogP contribution < -0.4 is 11.1 Å². The number of amides is 1. The molecule has 124 valence electrons. The molecule has 1 heterocycles. The molecule has 1 amide bonds. The van der Waals surface area contributed by atoms with Gasteiger partial charge in [0, 0.05) is 15.6 Å². The summed E-state index contributed by atoms with van der Waals surface area (Å²) < 4.78 is 7.38. The number of hydrogen-bond acceptors (Lipinski definition) is 3. The highest BCUT2D eigenvalue weighted by atomic mass is 79.9. The van der Waals surface area contributed by atoms with Crippen LogP contribution in [0.5, 0.6) is 0 Å². The van der Waals surface area contributed by atoms with E-state index in [1.807, 2.05) is 31.2 Å². The summed E-state index contributed by atoms with van der Waals surface area (Å²) in [5.74, 6) is -0.858. The molecule has 0 saturated heterocycles. The Hall–Kier alpha value is -2.05. The lowest BCUT2D eigenvalue weighted by atomic mass is 10.1. The largest absolute Gasteiger partial charge is 0.420 e. The summed E-state index contributed by atoms with van der Waals surface area (Å²) in [6.45, 7) is 1.77. The number of carbonyl (C=O) groups is 1. The Bertz CT molecular complexity index is 947. The average molecular weight is 410 g/mol. The molecule has 0 radical (unpaired) electrons. The van der Waals surface area contributed by atoms with E-state index in [-0.39, 0.29) is 18.5 Å². The number of benzene rings is 2. The molecule has 0 aliphatic rings. The highest BCUT2D eigenvalue weighted by molar-refractivity contribution is 9.10. The van der Waals surface area contributed by atoms with Crippen LogP contribution >= 0.6 is 27.5 Å². The van der Waals surface area contributed by atoms with Crippen molar-refractivity contribution in [3.8, 4) is 0 Å². The second-order valence-electron chi connectivity index (χ2n) is 5.41. The summed E-state index contributed by atoms with van der Waals surface area (Å²) >= 11 is 9.26. The van der Waals surface area contributed by atoms with Crippen LogP contribution in [-0.2, 0) is 11.3 Å². The zero-order valence-electron chi connectivity index (χ0n) is 12.8. The molecule has 1 N–H and O–H groups in total. The topological polar surface area (TPSA) is 64.2 Å². The molecule has 2 aromatic carbocycles. The number of carbonyl (C=O) groups excluding carboxylic acids is 1. The minimum Gasteiger partial charge on any atom is -0.408 e. The van der Waals surface area contributed by atoms with E-state index in [0.29, 0.717) is 16.1 Å². The lowest BCUT2D eigenvalue weighted by Crippen LogP contribution is -2.32. The van der Waals surface area contributed by atoms with E-state index in [9.17, 15) is 9.59 Å². The van der Waals surface area contributed by atoms with Gasteiger partial charge in [0.25, 0.3) is 0 Å². The number of nitrogens with one attached hydrogen (secondary N) is 1. The molecule has 0 unspecified atom stereocenters. The molecule has 0 aliphatic heterocycles. The van der Waals surface area contributed by atoms with E-state index in [4.69, 9.17) is 16.0 Å². The Morgan fingerprint density at radius 1 is 1.29 bits per heavy atom. The fourth-order valence-electron chi connectivity index (χ4n) is 2.46. The Morgan fingerprint density at radius 3 is 2.71 bits per heavy atom. The van der Waals surface area contributed by atoms with Crippen LogP contribution in [0.4, 0.5) is 0 Å². The van der Waals surface area contributed by atoms with Gasteiger partial charge in [0.1, 0.15) is 6.54 Å². The number of halogens is 2. The number of rotatable bonds is 4. The zero-order valence-corrected chi connectivity index (χ0v) is 15.1. The van der Waals surface area contributed by atoms with E-state index < -0.39 is 5.76 Å². The molecule has 0 bridgehead atoms. The molecule has 0 aliphatic carbocycles. The second-order valence-corrected chi connectivity index (χ2v) is 6.76. The molecule has 7 heteroatoms. The van der Waals surface area contributed by atoms with Gasteiger partial charge in [-0.1, -0.05) is 39.7 Å². The number of fused-ring (bicyclic) bond motifs is 1. The van der Waals surface area contributed by atoms with E-state index in [1.165, 1.54) is 4.57 Å². The maximum atomic E-state index is 12.3. The van der Waals surface area contributed by atoms with Crippen LogP contribution in [0.15, 0.2) is 56.1 Å². The second kappa shape index (κ2) is 6.83. The van der Waals surface area contributed by atoms with Crippen molar-refractivity contribution in [3.63, 3.8) is 0 Å². The lowest BCUT2D eigenvalue weighted by Gasteiger charge is -2.14. The molecule has 3 aromatic rings. The van der Waals surface area contributed by atoms with Crippen molar-refractivity contribution in [2.45, 2.75) is 19.5 Å². The van der Waals surface area contributed by atoms with Crippen molar-refractivity contribution < 1.29 is 9.21 Å². The van der Waals surface area contributed by atoms with E-state index in [0.717, 1.165) is 10.0 Å².